The standard InChI is InChI=1S/C29H39FN4O2/c1-33(2)19-23-7-5-9-25(18-23)31-29(36)32-27-11-4-3-10-26(27)28(35)34-16-6-8-22(20-34)17-21-12-14-24(30)15-13-21/h5,7,9,12-15,18,22,26-27H,3-4,6,8,10-11,16-17,19-20H2,1-2H3,(H2,31,32,36)/t22-,26-,27-/m1/s1. The molecule has 6 nitrogen and oxygen atoms in total. The first-order chi connectivity index (χ1) is 17.4. The summed E-state index contributed by atoms with van der Waals surface area (Å²) in [5.41, 5.74) is 2.99. The smallest absolute Gasteiger partial charge is 0.319 e. The fraction of sp³-hybridized carbons (Fsp3) is 0.517. The average Bonchev–Trinajstić information content (AvgIpc) is 2.85. The second-order valence-electron chi connectivity index (χ2n) is 10.7. The fourth-order valence-electron chi connectivity index (χ4n) is 5.67. The van der Waals surface area contributed by atoms with Gasteiger partial charge in [0.2, 0.25) is 5.91 Å². The lowest BCUT2D eigenvalue weighted by molar-refractivity contribution is -0.139. The first-order valence-electron chi connectivity index (χ1n) is 13.2. The molecule has 0 spiro atoms. The molecule has 4 rings (SSSR count). The van der Waals surface area contributed by atoms with Gasteiger partial charge in [-0.15, -0.1) is 0 Å². The lowest BCUT2D eigenvalue weighted by atomic mass is 9.82. The lowest BCUT2D eigenvalue weighted by Crippen LogP contribution is -2.52. The number of hydrogen-bond acceptors (Lipinski definition) is 3. The number of halogens is 1. The molecule has 36 heavy (non-hydrogen) atoms. The summed E-state index contributed by atoms with van der Waals surface area (Å²) in [5.74, 6) is 0.132. The van der Waals surface area contributed by atoms with Gasteiger partial charge in [-0.05, 0) is 87.5 Å². The van der Waals surface area contributed by atoms with Crippen LogP contribution in [-0.4, -0.2) is 55.0 Å². The molecule has 3 amide bonds. The van der Waals surface area contributed by atoms with Crippen molar-refractivity contribution >= 4 is 17.6 Å². The van der Waals surface area contributed by atoms with Crippen LogP contribution in [0.15, 0.2) is 48.5 Å². The van der Waals surface area contributed by atoms with Gasteiger partial charge in [-0.25, -0.2) is 9.18 Å². The summed E-state index contributed by atoms with van der Waals surface area (Å²) < 4.78 is 13.3. The number of likely N-dealkylation sites (tertiary alicyclic amines) is 1. The quantitative estimate of drug-likeness (QED) is 0.566. The van der Waals surface area contributed by atoms with Gasteiger partial charge < -0.3 is 20.4 Å². The molecule has 1 saturated heterocycles. The number of benzene rings is 2. The molecule has 2 N–H and O–H groups in total. The molecule has 1 aliphatic heterocycles. The fourth-order valence-corrected chi connectivity index (χ4v) is 5.67. The maximum atomic E-state index is 13.6. The summed E-state index contributed by atoms with van der Waals surface area (Å²) in [6.07, 6.45) is 6.55. The van der Waals surface area contributed by atoms with Crippen LogP contribution < -0.4 is 10.6 Å². The maximum absolute atomic E-state index is 13.6. The van der Waals surface area contributed by atoms with Crippen LogP contribution in [0.2, 0.25) is 0 Å². The Morgan fingerprint density at radius 1 is 1.00 bits per heavy atom. The van der Waals surface area contributed by atoms with E-state index in [1.165, 1.54) is 12.1 Å². The molecular weight excluding hydrogens is 455 g/mol. The Hall–Kier alpha value is -2.93. The van der Waals surface area contributed by atoms with Crippen molar-refractivity contribution in [3.63, 3.8) is 0 Å². The van der Waals surface area contributed by atoms with Crippen LogP contribution in [-0.2, 0) is 17.8 Å². The molecule has 3 atom stereocenters. The number of carbonyl (C=O) groups excluding carboxylic acids is 2. The zero-order valence-electron chi connectivity index (χ0n) is 21.5. The minimum absolute atomic E-state index is 0.159. The molecule has 2 fully saturated rings. The van der Waals surface area contributed by atoms with E-state index in [1.54, 1.807) is 0 Å². The monoisotopic (exact) mass is 494 g/mol. The highest BCUT2D eigenvalue weighted by Gasteiger charge is 2.36. The second-order valence-corrected chi connectivity index (χ2v) is 10.7. The molecule has 194 valence electrons. The maximum Gasteiger partial charge on any atom is 0.319 e. The molecule has 2 aromatic carbocycles. The Morgan fingerprint density at radius 3 is 2.56 bits per heavy atom. The Balaban J connectivity index is 1.34. The van der Waals surface area contributed by atoms with Crippen LogP contribution in [0.5, 0.6) is 0 Å². The van der Waals surface area contributed by atoms with Crippen LogP contribution in [0.1, 0.15) is 49.7 Å². The predicted molar refractivity (Wildman–Crippen MR) is 141 cm³/mol. The van der Waals surface area contributed by atoms with Gasteiger partial charge in [0.1, 0.15) is 5.82 Å². The summed E-state index contributed by atoms with van der Waals surface area (Å²) in [7, 11) is 4.03. The molecule has 1 aliphatic carbocycles. The van der Waals surface area contributed by atoms with Gasteiger partial charge in [0.15, 0.2) is 0 Å². The highest BCUT2D eigenvalue weighted by molar-refractivity contribution is 5.90. The summed E-state index contributed by atoms with van der Waals surface area (Å²) in [6, 6.07) is 14.1. The molecule has 0 bridgehead atoms. The molecule has 1 saturated carbocycles. The highest BCUT2D eigenvalue weighted by Crippen LogP contribution is 2.29. The molecule has 7 heteroatoms. The van der Waals surface area contributed by atoms with E-state index in [4.69, 9.17) is 0 Å². The van der Waals surface area contributed by atoms with Crippen molar-refractivity contribution in [2.75, 3.05) is 32.5 Å². The zero-order chi connectivity index (χ0) is 25.5. The van der Waals surface area contributed by atoms with Crippen molar-refractivity contribution < 1.29 is 14.0 Å². The van der Waals surface area contributed by atoms with E-state index in [1.807, 2.05) is 55.4 Å². The number of piperidine rings is 1. The topological polar surface area (TPSA) is 64.7 Å². The minimum Gasteiger partial charge on any atom is -0.342 e. The summed E-state index contributed by atoms with van der Waals surface area (Å²) in [4.78, 5) is 30.5. The number of hydrogen-bond donors (Lipinski definition) is 2. The Bertz CT molecular complexity index is 1030. The van der Waals surface area contributed by atoms with E-state index in [9.17, 15) is 14.0 Å². The van der Waals surface area contributed by atoms with E-state index in [-0.39, 0.29) is 29.7 Å². The van der Waals surface area contributed by atoms with Crippen LogP contribution in [0, 0.1) is 17.7 Å². The van der Waals surface area contributed by atoms with Crippen molar-refractivity contribution in [3.05, 3.63) is 65.5 Å². The number of carbonyl (C=O) groups is 2. The second kappa shape index (κ2) is 12.3. The average molecular weight is 495 g/mol. The first-order valence-corrected chi connectivity index (χ1v) is 13.2. The van der Waals surface area contributed by atoms with Crippen molar-refractivity contribution in [1.29, 1.82) is 0 Å². The molecule has 2 aromatic rings. The van der Waals surface area contributed by atoms with Gasteiger partial charge in [-0.1, -0.05) is 37.1 Å². The van der Waals surface area contributed by atoms with Crippen molar-refractivity contribution in [3.8, 4) is 0 Å². The number of anilines is 1. The van der Waals surface area contributed by atoms with Crippen LogP contribution in [0.4, 0.5) is 14.9 Å². The van der Waals surface area contributed by atoms with Gasteiger partial charge in [0.25, 0.3) is 0 Å². The van der Waals surface area contributed by atoms with Gasteiger partial charge in [-0.3, -0.25) is 4.79 Å². The summed E-state index contributed by atoms with van der Waals surface area (Å²) in [6.45, 7) is 2.30. The Kier molecular flexibility index (Phi) is 8.97. The SMILES string of the molecule is CN(C)Cc1cccc(NC(=O)N[C@@H]2CCCC[C@H]2C(=O)N2CCC[C@H](Cc3ccc(F)cc3)C2)c1. The van der Waals surface area contributed by atoms with Gasteiger partial charge in [-0.2, -0.15) is 0 Å². The minimum atomic E-state index is -0.255. The summed E-state index contributed by atoms with van der Waals surface area (Å²) >= 11 is 0. The van der Waals surface area contributed by atoms with Crippen LogP contribution in [0.3, 0.4) is 0 Å². The molecule has 0 unspecified atom stereocenters. The predicted octanol–water partition coefficient (Wildman–Crippen LogP) is 5.05. The van der Waals surface area contributed by atoms with Gasteiger partial charge in [0.05, 0.1) is 5.92 Å². The molecule has 1 heterocycles. The van der Waals surface area contributed by atoms with E-state index >= 15 is 0 Å². The highest BCUT2D eigenvalue weighted by atomic mass is 19.1. The normalized spacial score (nSPS) is 22.3. The first kappa shape index (κ1) is 26.1. The largest absolute Gasteiger partial charge is 0.342 e. The molecule has 0 radical (unpaired) electrons. The van der Waals surface area contributed by atoms with E-state index in [2.05, 4.69) is 15.5 Å². The molecular formula is C29H39FN4O2. The van der Waals surface area contributed by atoms with Crippen LogP contribution in [0.25, 0.3) is 0 Å². The number of nitrogens with zero attached hydrogens (tertiary/aromatic N) is 2. The van der Waals surface area contributed by atoms with Crippen molar-refractivity contribution in [2.24, 2.45) is 11.8 Å². The third kappa shape index (κ3) is 7.29. The van der Waals surface area contributed by atoms with E-state index < -0.39 is 0 Å². The molecule has 2 aliphatic rings. The van der Waals surface area contributed by atoms with Crippen LogP contribution >= 0.6 is 0 Å². The Morgan fingerprint density at radius 2 is 1.78 bits per heavy atom. The third-order valence-corrected chi connectivity index (χ3v) is 7.35. The lowest BCUT2D eigenvalue weighted by Gasteiger charge is -2.39. The van der Waals surface area contributed by atoms with Gasteiger partial charge in [0, 0.05) is 31.4 Å². The third-order valence-electron chi connectivity index (χ3n) is 7.35. The summed E-state index contributed by atoms with van der Waals surface area (Å²) in [5, 5.41) is 6.07. The number of amides is 3. The van der Waals surface area contributed by atoms with E-state index in [0.717, 1.165) is 81.4 Å². The van der Waals surface area contributed by atoms with E-state index in [0.29, 0.717) is 5.92 Å². The van der Waals surface area contributed by atoms with Crippen molar-refractivity contribution in [2.45, 2.75) is 57.5 Å². The Labute approximate surface area is 214 Å². The number of urea groups is 1. The van der Waals surface area contributed by atoms with Gasteiger partial charge >= 0.3 is 6.03 Å². The number of rotatable bonds is 7. The van der Waals surface area contributed by atoms with Crippen molar-refractivity contribution in [1.82, 2.24) is 15.1 Å². The zero-order valence-corrected chi connectivity index (χ0v) is 21.5. The number of nitrogens with one attached hydrogen (secondary N) is 2. The molecule has 0 aromatic heterocycles.